The van der Waals surface area contributed by atoms with Crippen LogP contribution >= 0.6 is 35.0 Å². The summed E-state index contributed by atoms with van der Waals surface area (Å²) in [5, 5.41) is 10.9. The van der Waals surface area contributed by atoms with Gasteiger partial charge in [-0.1, -0.05) is 64.8 Å². The van der Waals surface area contributed by atoms with E-state index in [1.54, 1.807) is 25.1 Å². The Balaban J connectivity index is 1.65. The van der Waals surface area contributed by atoms with Crippen LogP contribution in [0.2, 0.25) is 10.0 Å². The average molecular weight is 407 g/mol. The maximum Gasteiger partial charge on any atom is 0.237 e. The Hall–Kier alpha value is -2.02. The van der Waals surface area contributed by atoms with E-state index in [0.29, 0.717) is 26.7 Å². The highest BCUT2D eigenvalue weighted by Gasteiger charge is 2.18. The Morgan fingerprint density at radius 2 is 1.92 bits per heavy atom. The molecule has 3 aromatic rings. The summed E-state index contributed by atoms with van der Waals surface area (Å²) in [6, 6.07) is 12.9. The topological polar surface area (TPSA) is 70.7 Å². The number of thioether (sulfide) groups is 1. The first-order valence-electron chi connectivity index (χ1n) is 7.84. The molecule has 3 rings (SSSR count). The molecule has 0 radical (unpaired) electrons. The van der Waals surface area contributed by atoms with Gasteiger partial charge in [0.1, 0.15) is 0 Å². The summed E-state index contributed by atoms with van der Waals surface area (Å²) < 4.78 is 0. The van der Waals surface area contributed by atoms with Crippen LogP contribution in [0, 0.1) is 6.92 Å². The lowest BCUT2D eigenvalue weighted by molar-refractivity contribution is -0.115. The molecule has 8 heteroatoms. The van der Waals surface area contributed by atoms with Crippen molar-refractivity contribution in [1.29, 1.82) is 0 Å². The Kier molecular flexibility index (Phi) is 5.86. The van der Waals surface area contributed by atoms with E-state index in [0.717, 1.165) is 5.56 Å². The molecule has 2 N–H and O–H groups in total. The molecule has 134 valence electrons. The van der Waals surface area contributed by atoms with Crippen molar-refractivity contribution in [3.05, 3.63) is 58.1 Å². The molecule has 0 aliphatic heterocycles. The van der Waals surface area contributed by atoms with Crippen LogP contribution in [-0.4, -0.2) is 26.3 Å². The zero-order valence-electron chi connectivity index (χ0n) is 14.1. The predicted octanol–water partition coefficient (Wildman–Crippen LogP) is 5.21. The van der Waals surface area contributed by atoms with Gasteiger partial charge in [-0.25, -0.2) is 4.98 Å². The van der Waals surface area contributed by atoms with Crippen LogP contribution in [0.25, 0.3) is 11.4 Å². The minimum Gasteiger partial charge on any atom is -0.324 e. The molecule has 1 aromatic heterocycles. The van der Waals surface area contributed by atoms with Gasteiger partial charge in [-0.2, -0.15) is 0 Å². The van der Waals surface area contributed by atoms with E-state index in [1.165, 1.54) is 17.3 Å². The number of nitrogens with zero attached hydrogens (tertiary/aromatic N) is 2. The third kappa shape index (κ3) is 4.58. The second kappa shape index (κ2) is 8.12. The molecular weight excluding hydrogens is 391 g/mol. The van der Waals surface area contributed by atoms with Crippen molar-refractivity contribution in [2.45, 2.75) is 24.3 Å². The number of amides is 1. The molecule has 0 unspecified atom stereocenters. The van der Waals surface area contributed by atoms with Gasteiger partial charge in [-0.15, -0.1) is 5.10 Å². The number of carbonyl (C=O) groups excluding carboxylic acids is 1. The normalized spacial score (nSPS) is 12.0. The first-order valence-corrected chi connectivity index (χ1v) is 9.48. The second-order valence-corrected chi connectivity index (χ2v) is 7.86. The number of rotatable bonds is 5. The Morgan fingerprint density at radius 3 is 2.62 bits per heavy atom. The summed E-state index contributed by atoms with van der Waals surface area (Å²) in [6.07, 6.45) is 0. The maximum atomic E-state index is 12.4. The van der Waals surface area contributed by atoms with Crippen LogP contribution in [0.3, 0.4) is 0 Å². The first-order chi connectivity index (χ1) is 12.4. The fourth-order valence-electron chi connectivity index (χ4n) is 2.18. The van der Waals surface area contributed by atoms with E-state index in [1.807, 2.05) is 31.2 Å². The van der Waals surface area contributed by atoms with Gasteiger partial charge < -0.3 is 5.32 Å². The fraction of sp³-hybridized carbons (Fsp3) is 0.167. The first kappa shape index (κ1) is 18.8. The number of H-pyrrole nitrogens is 1. The number of aryl methyl sites for hydroxylation is 1. The highest BCUT2D eigenvalue weighted by molar-refractivity contribution is 8.00. The van der Waals surface area contributed by atoms with Crippen molar-refractivity contribution in [1.82, 2.24) is 15.2 Å². The molecule has 26 heavy (non-hydrogen) atoms. The van der Waals surface area contributed by atoms with Crippen molar-refractivity contribution in [2.24, 2.45) is 0 Å². The molecule has 0 aliphatic carbocycles. The largest absolute Gasteiger partial charge is 0.324 e. The van der Waals surface area contributed by atoms with E-state index in [2.05, 4.69) is 20.5 Å². The summed E-state index contributed by atoms with van der Waals surface area (Å²) in [7, 11) is 0. The Morgan fingerprint density at radius 1 is 1.19 bits per heavy atom. The summed E-state index contributed by atoms with van der Waals surface area (Å²) in [5.74, 6) is 0.474. The van der Waals surface area contributed by atoms with Gasteiger partial charge in [0, 0.05) is 10.6 Å². The van der Waals surface area contributed by atoms with Gasteiger partial charge >= 0.3 is 0 Å². The number of aromatic nitrogens is 3. The highest BCUT2D eigenvalue weighted by Crippen LogP contribution is 2.27. The molecule has 0 saturated carbocycles. The monoisotopic (exact) mass is 406 g/mol. The molecule has 1 heterocycles. The smallest absolute Gasteiger partial charge is 0.237 e. The summed E-state index contributed by atoms with van der Waals surface area (Å²) >= 11 is 13.2. The molecule has 2 aromatic carbocycles. The number of nitrogens with one attached hydrogen (secondary N) is 2. The van der Waals surface area contributed by atoms with E-state index in [-0.39, 0.29) is 5.91 Å². The molecule has 1 amide bonds. The lowest BCUT2D eigenvalue weighted by atomic mass is 10.1. The van der Waals surface area contributed by atoms with E-state index in [9.17, 15) is 4.79 Å². The molecule has 1 atom stereocenters. The number of benzene rings is 2. The molecule has 0 spiro atoms. The molecule has 0 aliphatic rings. The van der Waals surface area contributed by atoms with Gasteiger partial charge in [0.25, 0.3) is 0 Å². The van der Waals surface area contributed by atoms with Crippen molar-refractivity contribution in [3.63, 3.8) is 0 Å². The number of anilines is 1. The average Bonchev–Trinajstić information content (AvgIpc) is 3.06. The van der Waals surface area contributed by atoms with Crippen LogP contribution in [0.4, 0.5) is 5.69 Å². The van der Waals surface area contributed by atoms with Crippen LogP contribution in [0.5, 0.6) is 0 Å². The molecule has 0 bridgehead atoms. The third-order valence-corrected chi connectivity index (χ3v) is 5.14. The molecule has 0 fully saturated rings. The number of hydrogen-bond donors (Lipinski definition) is 2. The summed E-state index contributed by atoms with van der Waals surface area (Å²) in [4.78, 5) is 16.8. The lowest BCUT2D eigenvalue weighted by Crippen LogP contribution is -2.22. The predicted molar refractivity (Wildman–Crippen MR) is 107 cm³/mol. The van der Waals surface area contributed by atoms with Crippen LogP contribution < -0.4 is 5.32 Å². The van der Waals surface area contributed by atoms with Gasteiger partial charge in [-0.3, -0.25) is 9.89 Å². The Labute approximate surface area is 165 Å². The van der Waals surface area contributed by atoms with Crippen molar-refractivity contribution in [2.75, 3.05) is 5.32 Å². The number of carbonyl (C=O) groups is 1. The zero-order valence-corrected chi connectivity index (χ0v) is 16.4. The van der Waals surface area contributed by atoms with Crippen LogP contribution in [0.1, 0.15) is 12.5 Å². The quantitative estimate of drug-likeness (QED) is 0.570. The zero-order chi connectivity index (χ0) is 18.7. The summed E-state index contributed by atoms with van der Waals surface area (Å²) in [5.41, 5.74) is 2.64. The summed E-state index contributed by atoms with van der Waals surface area (Å²) in [6.45, 7) is 3.81. The lowest BCUT2D eigenvalue weighted by Gasteiger charge is -2.11. The Bertz CT molecular complexity index is 927. The van der Waals surface area contributed by atoms with E-state index < -0.39 is 5.25 Å². The van der Waals surface area contributed by atoms with Crippen LogP contribution in [-0.2, 0) is 4.79 Å². The number of hydrogen-bond acceptors (Lipinski definition) is 4. The van der Waals surface area contributed by atoms with Gasteiger partial charge in [-0.05, 0) is 32.0 Å². The number of halogens is 2. The van der Waals surface area contributed by atoms with E-state index in [4.69, 9.17) is 23.2 Å². The van der Waals surface area contributed by atoms with Crippen molar-refractivity contribution in [3.8, 4) is 11.4 Å². The number of aromatic amines is 1. The van der Waals surface area contributed by atoms with Gasteiger partial charge in [0.2, 0.25) is 11.1 Å². The molecular formula is C18H16Cl2N4OS. The van der Waals surface area contributed by atoms with Crippen molar-refractivity contribution < 1.29 is 4.79 Å². The molecule has 0 saturated heterocycles. The highest BCUT2D eigenvalue weighted by atomic mass is 35.5. The fourth-order valence-corrected chi connectivity index (χ4v) is 3.36. The third-order valence-electron chi connectivity index (χ3n) is 3.63. The van der Waals surface area contributed by atoms with Crippen molar-refractivity contribution >= 4 is 46.6 Å². The second-order valence-electron chi connectivity index (χ2n) is 5.71. The maximum absolute atomic E-state index is 12.4. The van der Waals surface area contributed by atoms with Crippen LogP contribution in [0.15, 0.2) is 47.6 Å². The SMILES string of the molecule is Cc1ccc(-c2nc(S[C@H](C)C(=O)Nc3ccc(Cl)cc3Cl)n[nH]2)cc1. The minimum absolute atomic E-state index is 0.194. The minimum atomic E-state index is -0.400. The molecule has 5 nitrogen and oxygen atoms in total. The van der Waals surface area contributed by atoms with Gasteiger partial charge in [0.05, 0.1) is 16.0 Å². The van der Waals surface area contributed by atoms with E-state index >= 15 is 0 Å². The standard InChI is InChI=1S/C18H16Cl2N4OS/c1-10-3-5-12(6-4-10)16-22-18(24-23-16)26-11(2)17(25)21-15-8-7-13(19)9-14(15)20/h3-9,11H,1-2H3,(H,21,25)(H,22,23,24)/t11-/m1/s1. The van der Waals surface area contributed by atoms with Gasteiger partial charge in [0.15, 0.2) is 5.82 Å².